The normalized spacial score (nSPS) is 21.8. The highest BCUT2D eigenvalue weighted by atomic mass is 35.5. The number of carbonyl (C=O) groups is 1. The summed E-state index contributed by atoms with van der Waals surface area (Å²) in [6.07, 6.45) is -2.90. The Bertz CT molecular complexity index is 848. The molecule has 9 heteroatoms. The smallest absolute Gasteiger partial charge is 0.395 e. The summed E-state index contributed by atoms with van der Waals surface area (Å²) in [4.78, 5) is 12.0. The molecule has 0 aromatic heterocycles. The second-order valence-corrected chi connectivity index (χ2v) is 6.46. The first kappa shape index (κ1) is 16.7. The van der Waals surface area contributed by atoms with Gasteiger partial charge in [0.15, 0.2) is 11.5 Å². The highest BCUT2D eigenvalue weighted by molar-refractivity contribution is 6.30. The summed E-state index contributed by atoms with van der Waals surface area (Å²) in [7, 11) is 0. The molecule has 1 aliphatic carbocycles. The van der Waals surface area contributed by atoms with Crippen LogP contribution in [0.5, 0.6) is 11.5 Å². The van der Waals surface area contributed by atoms with Gasteiger partial charge in [-0.15, -0.1) is 8.78 Å². The minimum Gasteiger partial charge on any atom is -0.395 e. The summed E-state index contributed by atoms with van der Waals surface area (Å²) >= 11 is 5.86. The molecule has 3 N–H and O–H groups in total. The molecule has 2 atom stereocenters. The minimum absolute atomic E-state index is 0.00313. The average Bonchev–Trinajstić information content (AvgIpc) is 3.26. The van der Waals surface area contributed by atoms with E-state index in [0.29, 0.717) is 5.02 Å². The molecule has 2 aliphatic rings. The van der Waals surface area contributed by atoms with E-state index in [0.717, 1.165) is 12.0 Å². The number of urea groups is 1. The molecule has 2 aromatic rings. The Hall–Kier alpha value is -2.74. The number of para-hydroxylation sites is 1. The molecule has 2 aromatic carbocycles. The molecule has 2 amide bonds. The van der Waals surface area contributed by atoms with Gasteiger partial charge in [0.05, 0.1) is 0 Å². The molecular weight excluding hydrogens is 368 g/mol. The molecule has 1 aliphatic heterocycles. The molecule has 0 radical (unpaired) electrons. The summed E-state index contributed by atoms with van der Waals surface area (Å²) in [5.41, 5.74) is 6.23. The Labute approximate surface area is 152 Å². The van der Waals surface area contributed by atoms with Crippen LogP contribution in [0.1, 0.15) is 17.9 Å². The van der Waals surface area contributed by atoms with E-state index in [-0.39, 0.29) is 29.1 Å². The summed E-state index contributed by atoms with van der Waals surface area (Å²) < 4.78 is 35.1. The van der Waals surface area contributed by atoms with Gasteiger partial charge in [-0.2, -0.15) is 0 Å². The fraction of sp³-hybridized carbons (Fsp3) is 0.235. The lowest BCUT2D eigenvalue weighted by molar-refractivity contribution is -0.286. The molecule has 4 rings (SSSR count). The standard InChI is InChI=1S/C17H14ClF2N3O3/c18-10-6-4-9(5-7-10)11-8-13(11)21-16(24)23-22-12-2-1-3-14-15(12)26-17(19,20)25-14/h1-7,11,13,22H,8H2,(H2,21,23,24)/t11-,13+/m0/s1. The molecule has 1 fully saturated rings. The van der Waals surface area contributed by atoms with Crippen molar-refractivity contribution in [2.75, 3.05) is 5.43 Å². The van der Waals surface area contributed by atoms with E-state index in [1.807, 2.05) is 24.3 Å². The van der Waals surface area contributed by atoms with Gasteiger partial charge in [0, 0.05) is 17.0 Å². The van der Waals surface area contributed by atoms with Crippen LogP contribution in [0.2, 0.25) is 5.02 Å². The number of rotatable bonds is 4. The number of fused-ring (bicyclic) bond motifs is 1. The highest BCUT2D eigenvalue weighted by Crippen LogP contribution is 2.45. The summed E-state index contributed by atoms with van der Waals surface area (Å²) in [5, 5.41) is 3.47. The lowest BCUT2D eigenvalue weighted by Gasteiger charge is -2.12. The van der Waals surface area contributed by atoms with Crippen LogP contribution in [0.15, 0.2) is 42.5 Å². The van der Waals surface area contributed by atoms with Gasteiger partial charge < -0.3 is 14.8 Å². The molecule has 0 spiro atoms. The highest BCUT2D eigenvalue weighted by Gasteiger charge is 2.44. The van der Waals surface area contributed by atoms with Crippen molar-refractivity contribution < 1.29 is 23.0 Å². The first-order valence-electron chi connectivity index (χ1n) is 7.88. The number of hydrogen-bond donors (Lipinski definition) is 3. The van der Waals surface area contributed by atoms with Crippen molar-refractivity contribution in [1.29, 1.82) is 0 Å². The topological polar surface area (TPSA) is 71.6 Å². The van der Waals surface area contributed by atoms with Crippen molar-refractivity contribution in [2.24, 2.45) is 0 Å². The lowest BCUT2D eigenvalue weighted by Crippen LogP contribution is -2.40. The molecular formula is C17H14ClF2N3O3. The predicted molar refractivity (Wildman–Crippen MR) is 90.5 cm³/mol. The van der Waals surface area contributed by atoms with Crippen LogP contribution in [0.4, 0.5) is 19.3 Å². The number of alkyl halides is 2. The van der Waals surface area contributed by atoms with E-state index in [1.165, 1.54) is 18.2 Å². The number of anilines is 1. The number of nitrogens with one attached hydrogen (secondary N) is 3. The van der Waals surface area contributed by atoms with Crippen molar-refractivity contribution >= 4 is 23.3 Å². The van der Waals surface area contributed by atoms with Crippen molar-refractivity contribution in [3.05, 3.63) is 53.1 Å². The Balaban J connectivity index is 1.31. The lowest BCUT2D eigenvalue weighted by atomic mass is 10.1. The van der Waals surface area contributed by atoms with Crippen molar-refractivity contribution in [3.8, 4) is 11.5 Å². The maximum Gasteiger partial charge on any atom is 0.586 e. The molecule has 0 bridgehead atoms. The van der Waals surface area contributed by atoms with Crippen LogP contribution in [-0.4, -0.2) is 18.4 Å². The van der Waals surface area contributed by atoms with Gasteiger partial charge >= 0.3 is 12.3 Å². The third-order valence-electron chi connectivity index (χ3n) is 4.14. The Morgan fingerprint density at radius 3 is 2.69 bits per heavy atom. The van der Waals surface area contributed by atoms with Crippen molar-refractivity contribution in [3.63, 3.8) is 0 Å². The number of carbonyl (C=O) groups excluding carboxylic acids is 1. The maximum absolute atomic E-state index is 13.1. The number of halogens is 3. The van der Waals surface area contributed by atoms with E-state index in [4.69, 9.17) is 11.6 Å². The van der Waals surface area contributed by atoms with Gasteiger partial charge in [-0.05, 0) is 36.2 Å². The zero-order valence-electron chi connectivity index (χ0n) is 13.3. The molecule has 136 valence electrons. The van der Waals surface area contributed by atoms with E-state index in [2.05, 4.69) is 25.6 Å². The molecule has 1 saturated carbocycles. The zero-order valence-corrected chi connectivity index (χ0v) is 14.0. The molecule has 1 heterocycles. The minimum atomic E-state index is -3.72. The number of ether oxygens (including phenoxy) is 2. The Kier molecular flexibility index (Phi) is 3.99. The monoisotopic (exact) mass is 381 g/mol. The average molecular weight is 382 g/mol. The third-order valence-corrected chi connectivity index (χ3v) is 4.40. The van der Waals surface area contributed by atoms with Crippen molar-refractivity contribution in [2.45, 2.75) is 24.7 Å². The van der Waals surface area contributed by atoms with Gasteiger partial charge in [0.1, 0.15) is 5.69 Å². The SMILES string of the molecule is O=C(NNc1cccc2c1OC(F)(F)O2)N[C@@H]1C[C@H]1c1ccc(Cl)cc1. The second kappa shape index (κ2) is 6.21. The summed E-state index contributed by atoms with van der Waals surface area (Å²) in [5.74, 6) is -0.0371. The molecule has 26 heavy (non-hydrogen) atoms. The zero-order chi connectivity index (χ0) is 18.3. The number of amides is 2. The number of benzene rings is 2. The maximum atomic E-state index is 13.1. The van der Waals surface area contributed by atoms with Crippen LogP contribution in [-0.2, 0) is 0 Å². The van der Waals surface area contributed by atoms with Gasteiger partial charge in [-0.3, -0.25) is 10.9 Å². The van der Waals surface area contributed by atoms with Crippen LogP contribution >= 0.6 is 11.6 Å². The predicted octanol–water partition coefficient (Wildman–Crippen LogP) is 3.84. The molecule has 6 nitrogen and oxygen atoms in total. The van der Waals surface area contributed by atoms with E-state index < -0.39 is 12.3 Å². The third kappa shape index (κ3) is 3.45. The fourth-order valence-corrected chi connectivity index (χ4v) is 2.96. The Morgan fingerprint density at radius 1 is 1.15 bits per heavy atom. The van der Waals surface area contributed by atoms with Gasteiger partial charge in [0.2, 0.25) is 0 Å². The molecule has 0 unspecified atom stereocenters. The van der Waals surface area contributed by atoms with Gasteiger partial charge in [-0.25, -0.2) is 4.79 Å². The van der Waals surface area contributed by atoms with Crippen LogP contribution in [0, 0.1) is 0 Å². The first-order chi connectivity index (χ1) is 12.4. The van der Waals surface area contributed by atoms with E-state index in [1.54, 1.807) is 0 Å². The largest absolute Gasteiger partial charge is 0.586 e. The Morgan fingerprint density at radius 2 is 1.92 bits per heavy atom. The van der Waals surface area contributed by atoms with Crippen LogP contribution < -0.4 is 25.6 Å². The van der Waals surface area contributed by atoms with Gasteiger partial charge in [-0.1, -0.05) is 29.8 Å². The quantitative estimate of drug-likeness (QED) is 0.704. The second-order valence-electron chi connectivity index (χ2n) is 6.02. The first-order valence-corrected chi connectivity index (χ1v) is 8.26. The number of hydrazine groups is 1. The summed E-state index contributed by atoms with van der Waals surface area (Å²) in [6.45, 7) is 0. The van der Waals surface area contributed by atoms with Crippen molar-refractivity contribution in [1.82, 2.24) is 10.7 Å². The van der Waals surface area contributed by atoms with Crippen LogP contribution in [0.25, 0.3) is 0 Å². The van der Waals surface area contributed by atoms with Gasteiger partial charge in [0.25, 0.3) is 0 Å². The summed E-state index contributed by atoms with van der Waals surface area (Å²) in [6, 6.07) is 11.3. The van der Waals surface area contributed by atoms with Crippen LogP contribution in [0.3, 0.4) is 0 Å². The fourth-order valence-electron chi connectivity index (χ4n) is 2.83. The van der Waals surface area contributed by atoms with E-state index in [9.17, 15) is 13.6 Å². The van der Waals surface area contributed by atoms with E-state index >= 15 is 0 Å². The number of hydrogen-bond acceptors (Lipinski definition) is 4. The molecule has 0 saturated heterocycles.